The highest BCUT2D eigenvalue weighted by Crippen LogP contribution is 2.28. The van der Waals surface area contributed by atoms with Gasteiger partial charge in [0.05, 0.1) is 10.6 Å². The lowest BCUT2D eigenvalue weighted by Crippen LogP contribution is -2.38. The SMILES string of the molecule is CCNc1ncc(C(=O)NC2CCCC2SC)cc1Cl. The maximum atomic E-state index is 12.2. The number of thioether (sulfide) groups is 1. The van der Waals surface area contributed by atoms with Crippen LogP contribution < -0.4 is 10.6 Å². The second kappa shape index (κ2) is 7.18. The molecule has 1 aromatic heterocycles. The Bertz CT molecular complexity index is 483. The molecular weight excluding hydrogens is 294 g/mol. The van der Waals surface area contributed by atoms with Crippen molar-refractivity contribution in [2.45, 2.75) is 37.5 Å². The van der Waals surface area contributed by atoms with Gasteiger partial charge in [0.1, 0.15) is 5.82 Å². The predicted octanol–water partition coefficient (Wildman–Crippen LogP) is 3.18. The second-order valence-electron chi connectivity index (χ2n) is 4.87. The first-order valence-electron chi connectivity index (χ1n) is 6.88. The van der Waals surface area contributed by atoms with Crippen LogP contribution in [0.2, 0.25) is 5.02 Å². The minimum Gasteiger partial charge on any atom is -0.369 e. The zero-order valence-electron chi connectivity index (χ0n) is 11.8. The average molecular weight is 314 g/mol. The number of rotatable bonds is 5. The van der Waals surface area contributed by atoms with Gasteiger partial charge in [-0.25, -0.2) is 4.98 Å². The summed E-state index contributed by atoms with van der Waals surface area (Å²) in [6.07, 6.45) is 7.06. The van der Waals surface area contributed by atoms with E-state index in [2.05, 4.69) is 21.9 Å². The average Bonchev–Trinajstić information content (AvgIpc) is 2.88. The summed E-state index contributed by atoms with van der Waals surface area (Å²) >= 11 is 7.94. The van der Waals surface area contributed by atoms with Gasteiger partial charge >= 0.3 is 0 Å². The van der Waals surface area contributed by atoms with Crippen LogP contribution in [0.5, 0.6) is 0 Å². The molecule has 1 aliphatic carbocycles. The normalized spacial score (nSPS) is 21.8. The molecule has 4 nitrogen and oxygen atoms in total. The highest BCUT2D eigenvalue weighted by atomic mass is 35.5. The molecule has 1 heterocycles. The van der Waals surface area contributed by atoms with Gasteiger partial charge in [0.2, 0.25) is 0 Å². The summed E-state index contributed by atoms with van der Waals surface area (Å²) in [5, 5.41) is 7.15. The molecule has 1 aromatic rings. The summed E-state index contributed by atoms with van der Waals surface area (Å²) in [6, 6.07) is 1.93. The van der Waals surface area contributed by atoms with Crippen LogP contribution in [0.1, 0.15) is 36.5 Å². The number of anilines is 1. The maximum absolute atomic E-state index is 12.2. The van der Waals surface area contributed by atoms with Crippen molar-refractivity contribution < 1.29 is 4.79 Å². The molecule has 2 rings (SSSR count). The minimum absolute atomic E-state index is 0.0894. The smallest absolute Gasteiger partial charge is 0.253 e. The van der Waals surface area contributed by atoms with Crippen LogP contribution in [-0.2, 0) is 0 Å². The summed E-state index contributed by atoms with van der Waals surface area (Å²) < 4.78 is 0. The predicted molar refractivity (Wildman–Crippen MR) is 85.8 cm³/mol. The summed E-state index contributed by atoms with van der Waals surface area (Å²) in [4.78, 5) is 16.4. The van der Waals surface area contributed by atoms with E-state index in [0.29, 0.717) is 21.7 Å². The Kier molecular flexibility index (Phi) is 5.54. The van der Waals surface area contributed by atoms with Gasteiger partial charge in [0.25, 0.3) is 5.91 Å². The van der Waals surface area contributed by atoms with Gasteiger partial charge in [0, 0.05) is 24.0 Å². The van der Waals surface area contributed by atoms with E-state index in [0.717, 1.165) is 13.0 Å². The van der Waals surface area contributed by atoms with Crippen molar-refractivity contribution in [3.8, 4) is 0 Å². The molecule has 0 spiro atoms. The van der Waals surface area contributed by atoms with E-state index in [1.807, 2.05) is 18.7 Å². The number of nitrogens with one attached hydrogen (secondary N) is 2. The van der Waals surface area contributed by atoms with Crippen molar-refractivity contribution >= 4 is 35.1 Å². The number of carbonyl (C=O) groups is 1. The fourth-order valence-corrected chi connectivity index (χ4v) is 3.65. The Morgan fingerprint density at radius 3 is 3.00 bits per heavy atom. The van der Waals surface area contributed by atoms with E-state index < -0.39 is 0 Å². The highest BCUT2D eigenvalue weighted by molar-refractivity contribution is 7.99. The fraction of sp³-hybridized carbons (Fsp3) is 0.571. The Labute approximate surface area is 129 Å². The van der Waals surface area contributed by atoms with E-state index in [9.17, 15) is 4.79 Å². The number of hydrogen-bond donors (Lipinski definition) is 2. The zero-order chi connectivity index (χ0) is 14.5. The van der Waals surface area contributed by atoms with Gasteiger partial charge in [-0.2, -0.15) is 11.8 Å². The van der Waals surface area contributed by atoms with Crippen LogP contribution in [0.3, 0.4) is 0 Å². The number of amides is 1. The third-order valence-electron chi connectivity index (χ3n) is 3.52. The molecule has 1 saturated carbocycles. The molecule has 0 saturated heterocycles. The topological polar surface area (TPSA) is 54.0 Å². The van der Waals surface area contributed by atoms with E-state index in [4.69, 9.17) is 11.6 Å². The van der Waals surface area contributed by atoms with Crippen molar-refractivity contribution in [3.05, 3.63) is 22.8 Å². The van der Waals surface area contributed by atoms with Gasteiger partial charge in [-0.1, -0.05) is 18.0 Å². The first kappa shape index (κ1) is 15.4. The molecule has 2 atom stereocenters. The molecule has 0 bridgehead atoms. The van der Waals surface area contributed by atoms with E-state index >= 15 is 0 Å². The molecule has 2 unspecified atom stereocenters. The molecule has 110 valence electrons. The van der Waals surface area contributed by atoms with Gasteiger partial charge in [-0.3, -0.25) is 4.79 Å². The number of hydrogen-bond acceptors (Lipinski definition) is 4. The van der Waals surface area contributed by atoms with E-state index in [1.54, 1.807) is 12.3 Å². The second-order valence-corrected chi connectivity index (χ2v) is 6.35. The molecule has 1 fully saturated rings. The quantitative estimate of drug-likeness (QED) is 0.876. The summed E-state index contributed by atoms with van der Waals surface area (Å²) in [6.45, 7) is 2.72. The zero-order valence-corrected chi connectivity index (χ0v) is 13.4. The third-order valence-corrected chi connectivity index (χ3v) is 4.98. The van der Waals surface area contributed by atoms with Crippen LogP contribution in [0.15, 0.2) is 12.3 Å². The molecule has 0 radical (unpaired) electrons. The van der Waals surface area contributed by atoms with Gasteiger partial charge in [0.15, 0.2) is 0 Å². The first-order chi connectivity index (χ1) is 9.65. The van der Waals surface area contributed by atoms with Crippen molar-refractivity contribution in [1.29, 1.82) is 0 Å². The molecule has 1 aliphatic rings. The number of pyridine rings is 1. The molecule has 6 heteroatoms. The van der Waals surface area contributed by atoms with Crippen LogP contribution in [0.25, 0.3) is 0 Å². The molecule has 0 aromatic carbocycles. The Balaban J connectivity index is 2.04. The highest BCUT2D eigenvalue weighted by Gasteiger charge is 2.28. The number of nitrogens with zero attached hydrogens (tertiary/aromatic N) is 1. The lowest BCUT2D eigenvalue weighted by atomic mass is 10.2. The Hall–Kier alpha value is -0.940. The minimum atomic E-state index is -0.0894. The lowest BCUT2D eigenvalue weighted by molar-refractivity contribution is 0.0938. The lowest BCUT2D eigenvalue weighted by Gasteiger charge is -2.19. The van der Waals surface area contributed by atoms with Crippen LogP contribution in [0.4, 0.5) is 5.82 Å². The molecule has 20 heavy (non-hydrogen) atoms. The van der Waals surface area contributed by atoms with E-state index in [1.165, 1.54) is 12.8 Å². The Morgan fingerprint density at radius 2 is 2.35 bits per heavy atom. The van der Waals surface area contributed by atoms with Crippen molar-refractivity contribution in [3.63, 3.8) is 0 Å². The molecule has 2 N–H and O–H groups in total. The standard InChI is InChI=1S/C14H20ClN3OS/c1-3-16-13-10(15)7-9(8-17-13)14(19)18-11-5-4-6-12(11)20-2/h7-8,11-12H,3-6H2,1-2H3,(H,16,17)(H,18,19). The summed E-state index contributed by atoms with van der Waals surface area (Å²) in [5.74, 6) is 0.530. The maximum Gasteiger partial charge on any atom is 0.253 e. The summed E-state index contributed by atoms with van der Waals surface area (Å²) in [5.41, 5.74) is 0.517. The van der Waals surface area contributed by atoms with E-state index in [-0.39, 0.29) is 11.9 Å². The van der Waals surface area contributed by atoms with Gasteiger partial charge in [-0.15, -0.1) is 0 Å². The number of carbonyl (C=O) groups excluding carboxylic acids is 1. The largest absolute Gasteiger partial charge is 0.369 e. The molecular formula is C14H20ClN3OS. The monoisotopic (exact) mass is 313 g/mol. The van der Waals surface area contributed by atoms with Gasteiger partial charge in [-0.05, 0) is 32.1 Å². The number of aromatic nitrogens is 1. The fourth-order valence-electron chi connectivity index (χ4n) is 2.48. The third kappa shape index (κ3) is 3.58. The number of halogens is 1. The van der Waals surface area contributed by atoms with Crippen molar-refractivity contribution in [1.82, 2.24) is 10.3 Å². The van der Waals surface area contributed by atoms with Gasteiger partial charge < -0.3 is 10.6 Å². The van der Waals surface area contributed by atoms with Crippen LogP contribution >= 0.6 is 23.4 Å². The molecule has 1 amide bonds. The van der Waals surface area contributed by atoms with Crippen molar-refractivity contribution in [2.75, 3.05) is 18.1 Å². The Morgan fingerprint density at radius 1 is 1.55 bits per heavy atom. The van der Waals surface area contributed by atoms with Crippen LogP contribution in [-0.4, -0.2) is 35.0 Å². The van der Waals surface area contributed by atoms with Crippen LogP contribution in [0, 0.1) is 0 Å². The molecule has 0 aliphatic heterocycles. The van der Waals surface area contributed by atoms with Crippen molar-refractivity contribution in [2.24, 2.45) is 0 Å². The first-order valence-corrected chi connectivity index (χ1v) is 8.55. The summed E-state index contributed by atoms with van der Waals surface area (Å²) in [7, 11) is 0.